The predicted octanol–water partition coefficient (Wildman–Crippen LogP) is 6.23. The first kappa shape index (κ1) is 28.6. The summed E-state index contributed by atoms with van der Waals surface area (Å²) in [6.45, 7) is 7.35. The average molecular weight is 518 g/mol. The van der Waals surface area contributed by atoms with Gasteiger partial charge in [0.25, 0.3) is 0 Å². The quantitative estimate of drug-likeness (QED) is 0.141. The zero-order valence-corrected chi connectivity index (χ0v) is 22.5. The Labute approximate surface area is 225 Å². The first-order chi connectivity index (χ1) is 18.4. The number of aliphatic carboxylic acids is 1. The van der Waals surface area contributed by atoms with E-state index in [1.807, 2.05) is 67.6 Å². The van der Waals surface area contributed by atoms with E-state index in [4.69, 9.17) is 4.74 Å². The van der Waals surface area contributed by atoms with Crippen LogP contribution in [-0.4, -0.2) is 30.3 Å². The van der Waals surface area contributed by atoms with Gasteiger partial charge in [0, 0.05) is 17.8 Å². The minimum Gasteiger partial charge on any atom is -0.493 e. The Kier molecular flexibility index (Phi) is 11.0. The Morgan fingerprint density at radius 3 is 2.39 bits per heavy atom. The summed E-state index contributed by atoms with van der Waals surface area (Å²) in [6, 6.07) is 21.1. The summed E-state index contributed by atoms with van der Waals surface area (Å²) in [6.07, 6.45) is 2.68. The number of benzene rings is 3. The molecule has 0 aliphatic rings. The van der Waals surface area contributed by atoms with Crippen molar-refractivity contribution in [1.29, 1.82) is 0 Å². The highest BCUT2D eigenvalue weighted by Crippen LogP contribution is 2.25. The minimum absolute atomic E-state index is 0.179. The Morgan fingerprint density at radius 1 is 0.947 bits per heavy atom. The van der Waals surface area contributed by atoms with Crippen molar-refractivity contribution in [3.63, 3.8) is 0 Å². The van der Waals surface area contributed by atoms with Crippen LogP contribution in [0.5, 0.6) is 5.75 Å². The maximum absolute atomic E-state index is 12.7. The van der Waals surface area contributed by atoms with Crippen LogP contribution in [0.25, 0.3) is 0 Å². The molecule has 0 bridgehead atoms. The van der Waals surface area contributed by atoms with Crippen LogP contribution < -0.4 is 20.7 Å². The van der Waals surface area contributed by atoms with Crippen LogP contribution in [0.3, 0.4) is 0 Å². The van der Waals surface area contributed by atoms with E-state index in [-0.39, 0.29) is 18.7 Å². The predicted molar refractivity (Wildman–Crippen MR) is 153 cm³/mol. The van der Waals surface area contributed by atoms with Gasteiger partial charge in [0.15, 0.2) is 0 Å². The molecule has 4 N–H and O–H groups in total. The number of hydrogen-bond acceptors (Lipinski definition) is 5. The van der Waals surface area contributed by atoms with Crippen LogP contribution in [-0.2, 0) is 16.0 Å². The summed E-state index contributed by atoms with van der Waals surface area (Å²) in [7, 11) is 0. The van der Waals surface area contributed by atoms with Crippen LogP contribution in [0.15, 0.2) is 66.7 Å². The normalized spacial score (nSPS) is 11.4. The van der Waals surface area contributed by atoms with Gasteiger partial charge in [-0.1, -0.05) is 55.8 Å². The lowest BCUT2D eigenvalue weighted by Crippen LogP contribution is -2.30. The van der Waals surface area contributed by atoms with E-state index in [1.54, 1.807) is 0 Å². The van der Waals surface area contributed by atoms with Crippen molar-refractivity contribution >= 4 is 23.3 Å². The number of carboxylic acid groups (broad SMARTS) is 1. The van der Waals surface area contributed by atoms with Gasteiger partial charge in [-0.2, -0.15) is 0 Å². The SMILES string of the molecule is CCCCOc1ccc(C(CC(=O)O)NC(=O)CCc2ccc(NCNc3ccccc3C)cc2)cc1C. The van der Waals surface area contributed by atoms with E-state index < -0.39 is 12.0 Å². The van der Waals surface area contributed by atoms with E-state index in [0.717, 1.165) is 46.7 Å². The van der Waals surface area contributed by atoms with E-state index in [0.29, 0.717) is 19.7 Å². The average Bonchev–Trinajstić information content (AvgIpc) is 2.90. The number of hydrogen-bond donors (Lipinski definition) is 4. The summed E-state index contributed by atoms with van der Waals surface area (Å²) < 4.78 is 5.80. The first-order valence-electron chi connectivity index (χ1n) is 13.2. The van der Waals surface area contributed by atoms with Crippen molar-refractivity contribution in [3.8, 4) is 5.75 Å². The van der Waals surface area contributed by atoms with Crippen LogP contribution in [0.2, 0.25) is 0 Å². The largest absolute Gasteiger partial charge is 0.493 e. The summed E-state index contributed by atoms with van der Waals surface area (Å²) in [5.74, 6) is -0.357. The molecule has 0 aliphatic carbocycles. The van der Waals surface area contributed by atoms with Crippen LogP contribution in [0.4, 0.5) is 11.4 Å². The molecule has 3 rings (SSSR count). The number of rotatable bonds is 15. The second-order valence-corrected chi connectivity index (χ2v) is 9.49. The third-order valence-electron chi connectivity index (χ3n) is 6.38. The topological polar surface area (TPSA) is 99.7 Å². The number of anilines is 2. The second-order valence-electron chi connectivity index (χ2n) is 9.49. The van der Waals surface area contributed by atoms with Gasteiger partial charge in [-0.25, -0.2) is 0 Å². The van der Waals surface area contributed by atoms with Crippen LogP contribution in [0.1, 0.15) is 60.9 Å². The number of ether oxygens (including phenoxy) is 1. The minimum atomic E-state index is -0.962. The summed E-state index contributed by atoms with van der Waals surface area (Å²) >= 11 is 0. The molecule has 3 aromatic carbocycles. The number of carbonyl (C=O) groups excluding carboxylic acids is 1. The van der Waals surface area contributed by atoms with Crippen LogP contribution >= 0.6 is 0 Å². The zero-order chi connectivity index (χ0) is 27.3. The molecule has 0 spiro atoms. The number of nitrogens with one attached hydrogen (secondary N) is 3. The number of para-hydroxylation sites is 1. The third-order valence-corrected chi connectivity index (χ3v) is 6.38. The maximum atomic E-state index is 12.7. The summed E-state index contributed by atoms with van der Waals surface area (Å²) in [5, 5.41) is 19.0. The number of amides is 1. The van der Waals surface area contributed by atoms with Crippen molar-refractivity contribution in [1.82, 2.24) is 5.32 Å². The van der Waals surface area contributed by atoms with Crippen molar-refractivity contribution in [3.05, 3.63) is 89.0 Å². The highest BCUT2D eigenvalue weighted by molar-refractivity contribution is 5.78. The molecule has 1 atom stereocenters. The molecular formula is C31H39N3O4. The lowest BCUT2D eigenvalue weighted by Gasteiger charge is -2.19. The van der Waals surface area contributed by atoms with Crippen molar-refractivity contribution in [2.75, 3.05) is 23.9 Å². The molecule has 1 unspecified atom stereocenters. The number of carbonyl (C=O) groups is 2. The Bertz CT molecular complexity index is 1190. The Hall–Kier alpha value is -4.00. The molecule has 3 aromatic rings. The molecule has 7 heteroatoms. The van der Waals surface area contributed by atoms with Gasteiger partial charge in [-0.05, 0) is 73.2 Å². The first-order valence-corrected chi connectivity index (χ1v) is 13.2. The van der Waals surface area contributed by atoms with Crippen molar-refractivity contribution in [2.45, 2.75) is 58.9 Å². The molecule has 0 fully saturated rings. The molecule has 0 aliphatic heterocycles. The molecule has 7 nitrogen and oxygen atoms in total. The molecule has 0 saturated carbocycles. The summed E-state index contributed by atoms with van der Waals surface area (Å²) in [4.78, 5) is 24.2. The fraction of sp³-hybridized carbons (Fsp3) is 0.355. The van der Waals surface area contributed by atoms with E-state index >= 15 is 0 Å². The molecule has 202 valence electrons. The fourth-order valence-electron chi connectivity index (χ4n) is 4.13. The molecule has 0 radical (unpaired) electrons. The van der Waals surface area contributed by atoms with Gasteiger partial charge >= 0.3 is 5.97 Å². The summed E-state index contributed by atoms with van der Waals surface area (Å²) in [5.41, 5.74) is 5.99. The second kappa shape index (κ2) is 14.7. The number of unbranched alkanes of at least 4 members (excludes halogenated alkanes) is 1. The van der Waals surface area contributed by atoms with Crippen LogP contribution in [0, 0.1) is 13.8 Å². The smallest absolute Gasteiger partial charge is 0.305 e. The third kappa shape index (κ3) is 9.14. The maximum Gasteiger partial charge on any atom is 0.305 e. The lowest BCUT2D eigenvalue weighted by molar-refractivity contribution is -0.137. The van der Waals surface area contributed by atoms with E-state index in [2.05, 4.69) is 35.9 Å². The standard InChI is InChI=1S/C31H39N3O4/c1-4-5-18-38-29-16-13-25(19-23(29)3)28(20-31(36)37)34-30(35)17-12-24-10-14-26(15-11-24)32-21-33-27-9-7-6-8-22(27)2/h6-11,13-16,19,28,32-33H,4-5,12,17-18,20-21H2,1-3H3,(H,34,35)(H,36,37). The fourth-order valence-corrected chi connectivity index (χ4v) is 4.13. The Balaban J connectivity index is 1.50. The lowest BCUT2D eigenvalue weighted by atomic mass is 10.0. The van der Waals surface area contributed by atoms with Gasteiger partial charge in [-0.3, -0.25) is 9.59 Å². The Morgan fingerprint density at radius 2 is 1.71 bits per heavy atom. The van der Waals surface area contributed by atoms with Gasteiger partial charge in [-0.15, -0.1) is 0 Å². The van der Waals surface area contributed by atoms with Gasteiger partial charge in [0.2, 0.25) is 5.91 Å². The zero-order valence-electron chi connectivity index (χ0n) is 22.5. The van der Waals surface area contributed by atoms with E-state index in [9.17, 15) is 14.7 Å². The number of carboxylic acids is 1. The molecule has 0 saturated heterocycles. The van der Waals surface area contributed by atoms with Gasteiger partial charge in [0.05, 0.1) is 25.7 Å². The molecule has 38 heavy (non-hydrogen) atoms. The monoisotopic (exact) mass is 517 g/mol. The molecule has 1 amide bonds. The van der Waals surface area contributed by atoms with E-state index in [1.165, 1.54) is 5.56 Å². The van der Waals surface area contributed by atoms with Crippen molar-refractivity contribution in [2.24, 2.45) is 0 Å². The molecule has 0 aromatic heterocycles. The molecular weight excluding hydrogens is 478 g/mol. The van der Waals surface area contributed by atoms with Gasteiger partial charge < -0.3 is 25.8 Å². The molecule has 0 heterocycles. The van der Waals surface area contributed by atoms with Crippen molar-refractivity contribution < 1.29 is 19.4 Å². The van der Waals surface area contributed by atoms with Gasteiger partial charge in [0.1, 0.15) is 5.75 Å². The number of aryl methyl sites for hydroxylation is 3. The highest BCUT2D eigenvalue weighted by atomic mass is 16.5. The highest BCUT2D eigenvalue weighted by Gasteiger charge is 2.19.